The topological polar surface area (TPSA) is 75.9 Å². The van der Waals surface area contributed by atoms with Gasteiger partial charge in [0.25, 0.3) is 0 Å². The van der Waals surface area contributed by atoms with Crippen molar-refractivity contribution in [2.45, 2.75) is 31.3 Å². The zero-order valence-corrected chi connectivity index (χ0v) is 14.6. The van der Waals surface area contributed by atoms with E-state index in [0.29, 0.717) is 37.1 Å². The number of carbonyl (C=O) groups is 1. The van der Waals surface area contributed by atoms with Crippen LogP contribution in [0.15, 0.2) is 53.0 Å². The summed E-state index contributed by atoms with van der Waals surface area (Å²) in [5.41, 5.74) is 2.09. The Kier molecular flexibility index (Phi) is 5.28. The Morgan fingerprint density at radius 3 is 2.77 bits per heavy atom. The molecule has 6 heteroatoms. The van der Waals surface area contributed by atoms with Crippen molar-refractivity contribution in [3.63, 3.8) is 0 Å². The van der Waals surface area contributed by atoms with Gasteiger partial charge in [-0.3, -0.25) is 9.78 Å². The fourth-order valence-corrected chi connectivity index (χ4v) is 2.71. The molecule has 1 aromatic heterocycles. The third-order valence-electron chi connectivity index (χ3n) is 4.27. The zero-order valence-electron chi connectivity index (χ0n) is 14.6. The highest BCUT2D eigenvalue weighted by molar-refractivity contribution is 5.93. The molecule has 0 saturated carbocycles. The minimum Gasteiger partial charge on any atom is -0.495 e. The van der Waals surface area contributed by atoms with Gasteiger partial charge >= 0.3 is 0 Å². The summed E-state index contributed by atoms with van der Waals surface area (Å²) in [6.45, 7) is 0. The normalized spacial score (nSPS) is 13.7. The Labute approximate surface area is 152 Å². The summed E-state index contributed by atoms with van der Waals surface area (Å²) in [5.74, 6) is 3.08. The summed E-state index contributed by atoms with van der Waals surface area (Å²) in [7, 11) is 1.57. The molecule has 0 radical (unpaired) electrons. The maximum absolute atomic E-state index is 12.4. The fraction of sp³-hybridized carbons (Fsp3) is 0.300. The van der Waals surface area contributed by atoms with E-state index in [0.717, 1.165) is 11.1 Å². The van der Waals surface area contributed by atoms with Crippen molar-refractivity contribution >= 4 is 11.6 Å². The van der Waals surface area contributed by atoms with Gasteiger partial charge in [-0.2, -0.15) is 10.2 Å². The van der Waals surface area contributed by atoms with E-state index in [2.05, 4.69) is 26.4 Å². The van der Waals surface area contributed by atoms with Gasteiger partial charge in [-0.05, 0) is 23.8 Å². The second kappa shape index (κ2) is 7.79. The number of benzene rings is 1. The number of pyridine rings is 1. The van der Waals surface area contributed by atoms with Crippen LogP contribution in [0.2, 0.25) is 0 Å². The average Bonchev–Trinajstić information content (AvgIpc) is 3.46. The maximum Gasteiger partial charge on any atom is 0.224 e. The highest BCUT2D eigenvalue weighted by Gasteiger charge is 2.39. The van der Waals surface area contributed by atoms with Crippen LogP contribution in [0.1, 0.15) is 25.7 Å². The lowest BCUT2D eigenvalue weighted by Gasteiger charge is -2.13. The van der Waals surface area contributed by atoms with E-state index in [1.165, 1.54) is 0 Å². The van der Waals surface area contributed by atoms with Crippen molar-refractivity contribution in [1.29, 1.82) is 0 Å². The molecule has 26 heavy (non-hydrogen) atoms. The summed E-state index contributed by atoms with van der Waals surface area (Å²) >= 11 is 0. The minimum atomic E-state index is -0.453. The SMILES string of the molecule is C#CCCC1(CCC(=O)Nc2cc(-c3cccnc3)ccc2OC)N=N1. The monoisotopic (exact) mass is 348 g/mol. The number of methoxy groups -OCH3 is 1. The Morgan fingerprint density at radius 2 is 2.12 bits per heavy atom. The van der Waals surface area contributed by atoms with Gasteiger partial charge in [0.05, 0.1) is 12.8 Å². The van der Waals surface area contributed by atoms with Crippen LogP contribution >= 0.6 is 0 Å². The number of nitrogens with zero attached hydrogens (tertiary/aromatic N) is 3. The smallest absolute Gasteiger partial charge is 0.224 e. The lowest BCUT2D eigenvalue weighted by atomic mass is 10.0. The number of hydrogen-bond acceptors (Lipinski definition) is 5. The molecule has 2 heterocycles. The third kappa shape index (κ3) is 4.25. The molecule has 1 aliphatic rings. The van der Waals surface area contributed by atoms with E-state index in [9.17, 15) is 4.79 Å². The molecule has 132 valence electrons. The van der Waals surface area contributed by atoms with Crippen LogP contribution in [0, 0.1) is 12.3 Å². The van der Waals surface area contributed by atoms with E-state index < -0.39 is 5.66 Å². The molecular weight excluding hydrogens is 328 g/mol. The molecule has 0 spiro atoms. The molecule has 3 rings (SSSR count). The van der Waals surface area contributed by atoms with Crippen LogP contribution in [0.25, 0.3) is 11.1 Å². The number of carbonyl (C=O) groups excluding carboxylic acids is 1. The van der Waals surface area contributed by atoms with Gasteiger partial charge in [-0.15, -0.1) is 12.3 Å². The molecule has 0 aliphatic carbocycles. The van der Waals surface area contributed by atoms with Crippen molar-refractivity contribution < 1.29 is 9.53 Å². The largest absolute Gasteiger partial charge is 0.495 e. The number of nitrogens with one attached hydrogen (secondary N) is 1. The van der Waals surface area contributed by atoms with E-state index in [-0.39, 0.29) is 5.91 Å². The quantitative estimate of drug-likeness (QED) is 0.731. The standard InChI is InChI=1S/C20H20N4O2/c1-3-4-10-20(23-24-20)11-9-19(25)22-17-13-15(7-8-18(17)26-2)16-6-5-12-21-14-16/h1,5-8,12-14H,4,9-11H2,2H3,(H,22,25). The Balaban J connectivity index is 1.66. The number of terminal acetylenes is 1. The summed E-state index contributed by atoms with van der Waals surface area (Å²) in [5, 5.41) is 11.0. The number of anilines is 1. The van der Waals surface area contributed by atoms with Gasteiger partial charge < -0.3 is 10.1 Å². The molecule has 0 bridgehead atoms. The van der Waals surface area contributed by atoms with Crippen molar-refractivity contribution in [1.82, 2.24) is 4.98 Å². The van der Waals surface area contributed by atoms with E-state index in [1.54, 1.807) is 19.5 Å². The molecular formula is C20H20N4O2. The van der Waals surface area contributed by atoms with Crippen LogP contribution in [0.4, 0.5) is 5.69 Å². The van der Waals surface area contributed by atoms with Crippen LogP contribution in [-0.2, 0) is 4.79 Å². The molecule has 1 amide bonds. The first-order valence-electron chi connectivity index (χ1n) is 8.42. The second-order valence-corrected chi connectivity index (χ2v) is 6.09. The maximum atomic E-state index is 12.4. The molecule has 0 fully saturated rings. The zero-order chi connectivity index (χ0) is 18.4. The Bertz CT molecular complexity index is 850. The summed E-state index contributed by atoms with van der Waals surface area (Å²) in [4.78, 5) is 16.5. The molecule has 1 N–H and O–H groups in total. The molecule has 6 nitrogen and oxygen atoms in total. The van der Waals surface area contributed by atoms with E-state index in [1.807, 2.05) is 30.3 Å². The predicted molar refractivity (Wildman–Crippen MR) is 99.7 cm³/mol. The second-order valence-electron chi connectivity index (χ2n) is 6.09. The van der Waals surface area contributed by atoms with Gasteiger partial charge in [-0.25, -0.2) is 0 Å². The fourth-order valence-electron chi connectivity index (χ4n) is 2.71. The molecule has 0 saturated heterocycles. The number of aromatic nitrogens is 1. The van der Waals surface area contributed by atoms with Crippen LogP contribution in [0.5, 0.6) is 5.75 Å². The lowest BCUT2D eigenvalue weighted by Crippen LogP contribution is -2.18. The molecule has 1 aromatic carbocycles. The summed E-state index contributed by atoms with van der Waals surface area (Å²) in [6.07, 6.45) is 11.0. The summed E-state index contributed by atoms with van der Waals surface area (Å²) < 4.78 is 5.36. The van der Waals surface area contributed by atoms with Crippen molar-refractivity contribution in [3.05, 3.63) is 42.7 Å². The highest BCUT2D eigenvalue weighted by atomic mass is 16.5. The molecule has 0 atom stereocenters. The molecule has 2 aromatic rings. The minimum absolute atomic E-state index is 0.107. The number of hydrogen-bond donors (Lipinski definition) is 1. The first kappa shape index (κ1) is 17.6. The van der Waals surface area contributed by atoms with Gasteiger partial charge in [0.2, 0.25) is 5.91 Å². The van der Waals surface area contributed by atoms with Gasteiger partial charge in [0, 0.05) is 43.6 Å². The first-order valence-corrected chi connectivity index (χ1v) is 8.42. The number of rotatable bonds is 8. The Hall–Kier alpha value is -3.20. The van der Waals surface area contributed by atoms with E-state index >= 15 is 0 Å². The molecule has 1 aliphatic heterocycles. The number of ether oxygens (including phenoxy) is 1. The van der Waals surface area contributed by atoms with Crippen molar-refractivity contribution in [3.8, 4) is 29.2 Å². The van der Waals surface area contributed by atoms with Crippen molar-refractivity contribution in [2.75, 3.05) is 12.4 Å². The lowest BCUT2D eigenvalue weighted by molar-refractivity contribution is -0.116. The van der Waals surface area contributed by atoms with Crippen LogP contribution in [-0.4, -0.2) is 23.7 Å². The predicted octanol–water partition coefficient (Wildman–Crippen LogP) is 4.05. The van der Waals surface area contributed by atoms with Crippen LogP contribution < -0.4 is 10.1 Å². The summed E-state index contributed by atoms with van der Waals surface area (Å²) in [6, 6.07) is 9.48. The molecule has 0 unspecified atom stereocenters. The Morgan fingerprint density at radius 1 is 1.27 bits per heavy atom. The van der Waals surface area contributed by atoms with Gasteiger partial charge in [0.1, 0.15) is 5.75 Å². The third-order valence-corrected chi connectivity index (χ3v) is 4.27. The first-order chi connectivity index (χ1) is 12.7. The van der Waals surface area contributed by atoms with Crippen molar-refractivity contribution in [2.24, 2.45) is 10.2 Å². The average molecular weight is 348 g/mol. The highest BCUT2D eigenvalue weighted by Crippen LogP contribution is 2.38. The number of amides is 1. The van der Waals surface area contributed by atoms with Gasteiger partial charge in [-0.1, -0.05) is 12.1 Å². The van der Waals surface area contributed by atoms with Gasteiger partial charge in [0.15, 0.2) is 5.66 Å². The van der Waals surface area contributed by atoms with E-state index in [4.69, 9.17) is 11.2 Å². The van der Waals surface area contributed by atoms with Crippen LogP contribution in [0.3, 0.4) is 0 Å².